The minimum Gasteiger partial charge on any atom is -0.378 e. The van der Waals surface area contributed by atoms with Gasteiger partial charge in [0.1, 0.15) is 11.5 Å². The highest BCUT2D eigenvalue weighted by Gasteiger charge is 2.28. The maximum absolute atomic E-state index is 13.0. The lowest BCUT2D eigenvalue weighted by Crippen LogP contribution is -2.37. The number of hydrogen-bond donors (Lipinski definition) is 2. The van der Waals surface area contributed by atoms with Crippen LogP contribution in [-0.2, 0) is 24.9 Å². The number of aromatic nitrogens is 4. The Balaban J connectivity index is 1.38. The van der Waals surface area contributed by atoms with Crippen molar-refractivity contribution in [2.24, 2.45) is 7.05 Å². The van der Waals surface area contributed by atoms with Gasteiger partial charge in [0.25, 0.3) is 5.91 Å². The molecule has 0 spiro atoms. The molecule has 0 aliphatic carbocycles. The van der Waals surface area contributed by atoms with Crippen LogP contribution in [0.1, 0.15) is 21.6 Å². The number of aryl methyl sites for hydroxylation is 1. The summed E-state index contributed by atoms with van der Waals surface area (Å²) >= 11 is 0. The summed E-state index contributed by atoms with van der Waals surface area (Å²) in [7, 11) is 6.04. The highest BCUT2D eigenvalue weighted by atomic mass is 16.5. The van der Waals surface area contributed by atoms with Crippen LogP contribution in [0.2, 0.25) is 0 Å². The Bertz CT molecular complexity index is 1490. The van der Waals surface area contributed by atoms with Gasteiger partial charge in [-0.2, -0.15) is 0 Å². The van der Waals surface area contributed by atoms with Crippen LogP contribution >= 0.6 is 0 Å². The van der Waals surface area contributed by atoms with Crippen LogP contribution in [0.4, 0.5) is 17.2 Å². The third-order valence-corrected chi connectivity index (χ3v) is 6.89. The van der Waals surface area contributed by atoms with E-state index in [9.17, 15) is 4.79 Å². The molecule has 0 aromatic carbocycles. The molecule has 1 fully saturated rings. The second kappa shape index (κ2) is 9.45. The standard InChI is InChI=1S/C27H30N8O2/c1-33(2)16-21-22(35-10-12-37-13-11-35)4-5-23(32-21)31-20-15-29-25(19-14-30-27(36)24(19)20)17-6-8-28-26-18(17)7-9-34(26)3/h4-9,15H,10-14,16H2,1-3H3,(H,30,36)(H,31,32). The van der Waals surface area contributed by atoms with Crippen LogP contribution in [0, 0.1) is 0 Å². The second-order valence-corrected chi connectivity index (χ2v) is 9.70. The first-order chi connectivity index (χ1) is 18.0. The van der Waals surface area contributed by atoms with Crippen LogP contribution < -0.4 is 15.5 Å². The molecule has 2 N–H and O–H groups in total. The first-order valence-corrected chi connectivity index (χ1v) is 12.4. The summed E-state index contributed by atoms with van der Waals surface area (Å²) in [5, 5.41) is 7.37. The molecule has 1 amide bonds. The molecule has 0 saturated carbocycles. The lowest BCUT2D eigenvalue weighted by molar-refractivity contribution is 0.0966. The number of rotatable bonds is 6. The molecule has 2 aliphatic rings. The molecule has 6 heterocycles. The van der Waals surface area contributed by atoms with E-state index in [0.717, 1.165) is 52.3 Å². The van der Waals surface area contributed by atoms with Crippen LogP contribution in [0.25, 0.3) is 22.3 Å². The van der Waals surface area contributed by atoms with E-state index < -0.39 is 0 Å². The topological polar surface area (TPSA) is 100 Å². The molecule has 10 heteroatoms. The fourth-order valence-corrected chi connectivity index (χ4v) is 5.15. The zero-order chi connectivity index (χ0) is 25.5. The zero-order valence-electron chi connectivity index (χ0n) is 21.3. The number of anilines is 3. The summed E-state index contributed by atoms with van der Waals surface area (Å²) in [6, 6.07) is 8.06. The minimum atomic E-state index is -0.113. The Morgan fingerprint density at radius 1 is 1.14 bits per heavy atom. The first kappa shape index (κ1) is 23.4. The normalized spacial score (nSPS) is 15.4. The predicted octanol–water partition coefficient (Wildman–Crippen LogP) is 2.92. The number of pyridine rings is 3. The lowest BCUT2D eigenvalue weighted by Gasteiger charge is -2.31. The van der Waals surface area contributed by atoms with Crippen LogP contribution in [0.5, 0.6) is 0 Å². The molecule has 2 aliphatic heterocycles. The number of nitrogens with one attached hydrogen (secondary N) is 2. The minimum absolute atomic E-state index is 0.113. The highest BCUT2D eigenvalue weighted by molar-refractivity contribution is 6.06. The molecule has 0 atom stereocenters. The number of fused-ring (bicyclic) bond motifs is 2. The molecule has 0 bridgehead atoms. The molecule has 0 radical (unpaired) electrons. The summed E-state index contributed by atoms with van der Waals surface area (Å²) in [6.45, 7) is 4.25. The summed E-state index contributed by atoms with van der Waals surface area (Å²) < 4.78 is 7.51. The molecule has 10 nitrogen and oxygen atoms in total. The monoisotopic (exact) mass is 498 g/mol. The van der Waals surface area contributed by atoms with Crippen LogP contribution in [0.3, 0.4) is 0 Å². The van der Waals surface area contributed by atoms with Gasteiger partial charge < -0.3 is 29.7 Å². The van der Waals surface area contributed by atoms with E-state index in [-0.39, 0.29) is 5.91 Å². The van der Waals surface area contributed by atoms with E-state index in [1.54, 1.807) is 12.4 Å². The van der Waals surface area contributed by atoms with Gasteiger partial charge in [-0.3, -0.25) is 9.78 Å². The summed E-state index contributed by atoms with van der Waals surface area (Å²) in [5.41, 5.74) is 6.87. The highest BCUT2D eigenvalue weighted by Crippen LogP contribution is 2.36. The van der Waals surface area contributed by atoms with Gasteiger partial charge in [-0.1, -0.05) is 0 Å². The summed E-state index contributed by atoms with van der Waals surface area (Å²) in [6.07, 6.45) is 5.50. The van der Waals surface area contributed by atoms with Gasteiger partial charge in [-0.25, -0.2) is 9.97 Å². The SMILES string of the molecule is CN(C)Cc1nc(Nc2cnc(-c3ccnc4c3ccn4C)c3c2C(=O)NC3)ccc1N1CCOCC1. The molecule has 0 unspecified atom stereocenters. The second-order valence-electron chi connectivity index (χ2n) is 9.70. The average molecular weight is 499 g/mol. The average Bonchev–Trinajstić information content (AvgIpc) is 3.48. The quantitative estimate of drug-likeness (QED) is 0.419. The van der Waals surface area contributed by atoms with E-state index in [1.165, 1.54) is 0 Å². The molecule has 4 aromatic rings. The number of amides is 1. The molecule has 37 heavy (non-hydrogen) atoms. The molecule has 6 rings (SSSR count). The van der Waals surface area contributed by atoms with Gasteiger partial charge in [0.05, 0.1) is 47.7 Å². The number of nitrogens with zero attached hydrogens (tertiary/aromatic N) is 6. The van der Waals surface area contributed by atoms with E-state index >= 15 is 0 Å². The van der Waals surface area contributed by atoms with Crippen molar-refractivity contribution in [3.63, 3.8) is 0 Å². The van der Waals surface area contributed by atoms with Crippen molar-refractivity contribution in [1.82, 2.24) is 29.7 Å². The van der Waals surface area contributed by atoms with E-state index in [2.05, 4.69) is 31.5 Å². The Hall–Kier alpha value is -4.02. The lowest BCUT2D eigenvalue weighted by atomic mass is 10.0. The Labute approximate surface area is 215 Å². The first-order valence-electron chi connectivity index (χ1n) is 12.4. The fourth-order valence-electron chi connectivity index (χ4n) is 5.15. The maximum Gasteiger partial charge on any atom is 0.254 e. The molecular weight excluding hydrogens is 468 g/mol. The van der Waals surface area contributed by atoms with Crippen molar-refractivity contribution in [2.75, 3.05) is 50.6 Å². The molecular formula is C27H30N8O2. The third-order valence-electron chi connectivity index (χ3n) is 6.89. The van der Waals surface area contributed by atoms with Crippen molar-refractivity contribution >= 4 is 34.1 Å². The number of carbonyl (C=O) groups is 1. The zero-order valence-corrected chi connectivity index (χ0v) is 21.3. The Morgan fingerprint density at radius 3 is 2.78 bits per heavy atom. The fraction of sp³-hybridized carbons (Fsp3) is 0.333. The van der Waals surface area contributed by atoms with Crippen molar-refractivity contribution in [1.29, 1.82) is 0 Å². The number of hydrogen-bond acceptors (Lipinski definition) is 8. The van der Waals surface area contributed by atoms with Gasteiger partial charge in [0.15, 0.2) is 0 Å². The number of carbonyl (C=O) groups excluding carboxylic acids is 1. The smallest absolute Gasteiger partial charge is 0.254 e. The van der Waals surface area contributed by atoms with Gasteiger partial charge >= 0.3 is 0 Å². The summed E-state index contributed by atoms with van der Waals surface area (Å²) in [4.78, 5) is 31.7. The number of ether oxygens (including phenoxy) is 1. The van der Waals surface area contributed by atoms with Crippen molar-refractivity contribution in [2.45, 2.75) is 13.1 Å². The van der Waals surface area contributed by atoms with Gasteiger partial charge in [-0.05, 0) is 38.4 Å². The Morgan fingerprint density at radius 2 is 1.97 bits per heavy atom. The van der Waals surface area contributed by atoms with E-state index in [1.807, 2.05) is 50.1 Å². The largest absolute Gasteiger partial charge is 0.378 e. The molecule has 4 aromatic heterocycles. The van der Waals surface area contributed by atoms with Crippen molar-refractivity contribution < 1.29 is 9.53 Å². The molecule has 1 saturated heterocycles. The predicted molar refractivity (Wildman–Crippen MR) is 143 cm³/mol. The molecule has 190 valence electrons. The summed E-state index contributed by atoms with van der Waals surface area (Å²) in [5.74, 6) is 0.567. The van der Waals surface area contributed by atoms with Crippen molar-refractivity contribution in [3.05, 3.63) is 59.7 Å². The van der Waals surface area contributed by atoms with Crippen LogP contribution in [0.15, 0.2) is 42.9 Å². The third kappa shape index (κ3) is 4.28. The van der Waals surface area contributed by atoms with Gasteiger partial charge in [0, 0.05) is 62.1 Å². The van der Waals surface area contributed by atoms with E-state index in [0.29, 0.717) is 43.4 Å². The van der Waals surface area contributed by atoms with E-state index in [4.69, 9.17) is 14.7 Å². The van der Waals surface area contributed by atoms with Crippen molar-refractivity contribution in [3.8, 4) is 11.3 Å². The van der Waals surface area contributed by atoms with Gasteiger partial charge in [-0.15, -0.1) is 0 Å². The number of morpholine rings is 1. The van der Waals surface area contributed by atoms with Gasteiger partial charge in [0.2, 0.25) is 0 Å². The van der Waals surface area contributed by atoms with Crippen LogP contribution in [-0.4, -0.2) is 70.7 Å². The Kier molecular flexibility index (Phi) is 5.97. The maximum atomic E-state index is 13.0.